The van der Waals surface area contributed by atoms with E-state index in [1.807, 2.05) is 31.2 Å². The Balaban J connectivity index is 1.76. The van der Waals surface area contributed by atoms with E-state index in [2.05, 4.69) is 34.3 Å². The molecule has 2 aromatic heterocycles. The standard InChI is InChI=1S/C16H18N4OS/c1-9(2)15-19-20-16(22-15)18-14(21)8-12-10(3)17-13-7-5-4-6-11(12)13/h4-7,9,17H,8H2,1-3H3,(H,18,20,21). The van der Waals surface area contributed by atoms with Gasteiger partial charge < -0.3 is 10.3 Å². The molecule has 2 heterocycles. The van der Waals surface area contributed by atoms with Crippen LogP contribution in [0.3, 0.4) is 0 Å². The molecule has 3 aromatic rings. The zero-order chi connectivity index (χ0) is 15.7. The van der Waals surface area contributed by atoms with E-state index in [-0.39, 0.29) is 5.91 Å². The Morgan fingerprint density at radius 3 is 2.82 bits per heavy atom. The molecule has 1 aromatic carbocycles. The number of anilines is 1. The minimum absolute atomic E-state index is 0.0701. The van der Waals surface area contributed by atoms with Gasteiger partial charge in [-0.15, -0.1) is 10.2 Å². The highest BCUT2D eigenvalue weighted by molar-refractivity contribution is 7.15. The molecule has 0 aliphatic heterocycles. The predicted molar refractivity (Wildman–Crippen MR) is 89.4 cm³/mol. The molecule has 5 nitrogen and oxygen atoms in total. The van der Waals surface area contributed by atoms with Crippen LogP contribution in [0.5, 0.6) is 0 Å². The fourth-order valence-electron chi connectivity index (χ4n) is 2.40. The first-order valence-corrected chi connectivity index (χ1v) is 8.05. The van der Waals surface area contributed by atoms with Gasteiger partial charge in [0, 0.05) is 22.5 Å². The van der Waals surface area contributed by atoms with Gasteiger partial charge in [-0.2, -0.15) is 0 Å². The minimum Gasteiger partial charge on any atom is -0.358 e. The molecule has 3 rings (SSSR count). The second-order valence-corrected chi connectivity index (χ2v) is 6.61. The highest BCUT2D eigenvalue weighted by Gasteiger charge is 2.14. The van der Waals surface area contributed by atoms with Crippen molar-refractivity contribution < 1.29 is 4.79 Å². The number of carbonyl (C=O) groups is 1. The summed E-state index contributed by atoms with van der Waals surface area (Å²) in [6, 6.07) is 8.01. The molecule has 0 saturated carbocycles. The van der Waals surface area contributed by atoms with Gasteiger partial charge in [-0.1, -0.05) is 43.4 Å². The van der Waals surface area contributed by atoms with Crippen molar-refractivity contribution in [2.45, 2.75) is 33.1 Å². The van der Waals surface area contributed by atoms with Crippen molar-refractivity contribution in [2.75, 3.05) is 5.32 Å². The molecule has 114 valence electrons. The lowest BCUT2D eigenvalue weighted by Crippen LogP contribution is -2.14. The third-order valence-corrected chi connectivity index (χ3v) is 4.68. The van der Waals surface area contributed by atoms with Gasteiger partial charge in [0.05, 0.1) is 6.42 Å². The first kappa shape index (κ1) is 14.7. The van der Waals surface area contributed by atoms with E-state index in [4.69, 9.17) is 0 Å². The maximum atomic E-state index is 12.3. The van der Waals surface area contributed by atoms with Gasteiger partial charge in [-0.25, -0.2) is 0 Å². The second-order valence-electron chi connectivity index (χ2n) is 5.60. The van der Waals surface area contributed by atoms with Crippen LogP contribution in [0.2, 0.25) is 0 Å². The Hall–Kier alpha value is -2.21. The van der Waals surface area contributed by atoms with Crippen molar-refractivity contribution in [1.29, 1.82) is 0 Å². The Kier molecular flexibility index (Phi) is 3.94. The van der Waals surface area contributed by atoms with E-state index >= 15 is 0 Å². The van der Waals surface area contributed by atoms with Crippen molar-refractivity contribution >= 4 is 33.3 Å². The molecule has 0 radical (unpaired) electrons. The van der Waals surface area contributed by atoms with Crippen molar-refractivity contribution in [3.63, 3.8) is 0 Å². The SMILES string of the molecule is Cc1[nH]c2ccccc2c1CC(=O)Nc1nnc(C(C)C)s1. The average molecular weight is 314 g/mol. The molecule has 1 amide bonds. The summed E-state index contributed by atoms with van der Waals surface area (Å²) in [5.74, 6) is 0.248. The van der Waals surface area contributed by atoms with Gasteiger partial charge in [0.25, 0.3) is 0 Å². The molecule has 0 fully saturated rings. The van der Waals surface area contributed by atoms with Crippen molar-refractivity contribution in [2.24, 2.45) is 0 Å². The van der Waals surface area contributed by atoms with Crippen molar-refractivity contribution in [1.82, 2.24) is 15.2 Å². The number of aryl methyl sites for hydroxylation is 1. The molecule has 0 unspecified atom stereocenters. The van der Waals surface area contributed by atoms with Crippen molar-refractivity contribution in [3.8, 4) is 0 Å². The molecule has 0 atom stereocenters. The fraction of sp³-hybridized carbons (Fsp3) is 0.312. The van der Waals surface area contributed by atoms with E-state index in [0.29, 0.717) is 17.5 Å². The maximum absolute atomic E-state index is 12.3. The number of H-pyrrole nitrogens is 1. The first-order chi connectivity index (χ1) is 10.5. The van der Waals surface area contributed by atoms with Crippen LogP contribution in [0, 0.1) is 6.92 Å². The Morgan fingerprint density at radius 2 is 2.09 bits per heavy atom. The second kappa shape index (κ2) is 5.88. The number of para-hydroxylation sites is 1. The Morgan fingerprint density at radius 1 is 1.32 bits per heavy atom. The van der Waals surface area contributed by atoms with Crippen LogP contribution in [-0.4, -0.2) is 21.1 Å². The zero-order valence-electron chi connectivity index (χ0n) is 12.8. The number of hydrogen-bond acceptors (Lipinski definition) is 4. The third-order valence-electron chi connectivity index (χ3n) is 3.55. The topological polar surface area (TPSA) is 70.7 Å². The number of nitrogens with one attached hydrogen (secondary N) is 2. The van der Waals surface area contributed by atoms with Crippen molar-refractivity contribution in [3.05, 3.63) is 40.5 Å². The van der Waals surface area contributed by atoms with Gasteiger partial charge in [0.15, 0.2) is 0 Å². The van der Waals surface area contributed by atoms with E-state index in [1.54, 1.807) is 0 Å². The number of hydrogen-bond donors (Lipinski definition) is 2. The van der Waals surface area contributed by atoms with Gasteiger partial charge in [0.1, 0.15) is 5.01 Å². The van der Waals surface area contributed by atoms with Gasteiger partial charge in [0.2, 0.25) is 11.0 Å². The Labute approximate surface area is 132 Å². The van der Waals surface area contributed by atoms with Gasteiger partial charge >= 0.3 is 0 Å². The maximum Gasteiger partial charge on any atom is 0.230 e. The lowest BCUT2D eigenvalue weighted by molar-refractivity contribution is -0.115. The molecule has 0 bridgehead atoms. The molecule has 2 N–H and O–H groups in total. The van der Waals surface area contributed by atoms with Crippen LogP contribution in [0.15, 0.2) is 24.3 Å². The Bertz CT molecular complexity index is 819. The molecule has 6 heteroatoms. The molecular formula is C16H18N4OS. The molecule has 0 aliphatic rings. The lowest BCUT2D eigenvalue weighted by Gasteiger charge is -2.02. The summed E-state index contributed by atoms with van der Waals surface area (Å²) in [6.45, 7) is 6.10. The summed E-state index contributed by atoms with van der Waals surface area (Å²) < 4.78 is 0. The summed E-state index contributed by atoms with van der Waals surface area (Å²) >= 11 is 1.43. The molecule has 0 spiro atoms. The highest BCUT2D eigenvalue weighted by Crippen LogP contribution is 2.24. The van der Waals surface area contributed by atoms with Crippen LogP contribution >= 0.6 is 11.3 Å². The number of aromatic nitrogens is 3. The largest absolute Gasteiger partial charge is 0.358 e. The minimum atomic E-state index is -0.0701. The smallest absolute Gasteiger partial charge is 0.230 e. The summed E-state index contributed by atoms with van der Waals surface area (Å²) in [6.07, 6.45) is 0.326. The predicted octanol–water partition coefficient (Wildman–Crippen LogP) is 3.63. The average Bonchev–Trinajstić information content (AvgIpc) is 3.05. The molecule has 0 aliphatic carbocycles. The molecule has 0 saturated heterocycles. The number of nitrogens with zero attached hydrogens (tertiary/aromatic N) is 2. The quantitative estimate of drug-likeness (QED) is 0.772. The van der Waals surface area contributed by atoms with Crippen LogP contribution in [0.1, 0.15) is 36.0 Å². The van der Waals surface area contributed by atoms with Crippen LogP contribution in [-0.2, 0) is 11.2 Å². The lowest BCUT2D eigenvalue weighted by atomic mass is 10.1. The van der Waals surface area contributed by atoms with Gasteiger partial charge in [-0.3, -0.25) is 4.79 Å². The van der Waals surface area contributed by atoms with Crippen LogP contribution in [0.25, 0.3) is 10.9 Å². The number of amides is 1. The van der Waals surface area contributed by atoms with Gasteiger partial charge in [-0.05, 0) is 18.6 Å². The zero-order valence-corrected chi connectivity index (χ0v) is 13.6. The third kappa shape index (κ3) is 2.87. The fourth-order valence-corrected chi connectivity index (χ4v) is 3.17. The van der Waals surface area contributed by atoms with Crippen LogP contribution < -0.4 is 5.32 Å². The van der Waals surface area contributed by atoms with E-state index in [0.717, 1.165) is 27.2 Å². The normalized spacial score (nSPS) is 11.3. The number of aromatic amines is 1. The summed E-state index contributed by atoms with van der Waals surface area (Å²) in [5.41, 5.74) is 3.11. The number of rotatable bonds is 4. The van der Waals surface area contributed by atoms with E-state index in [1.165, 1.54) is 11.3 Å². The van der Waals surface area contributed by atoms with E-state index < -0.39 is 0 Å². The molecule has 22 heavy (non-hydrogen) atoms. The summed E-state index contributed by atoms with van der Waals surface area (Å²) in [7, 11) is 0. The number of carbonyl (C=O) groups excluding carboxylic acids is 1. The van der Waals surface area contributed by atoms with E-state index in [9.17, 15) is 4.79 Å². The summed E-state index contributed by atoms with van der Waals surface area (Å²) in [4.78, 5) is 15.6. The number of benzene rings is 1. The summed E-state index contributed by atoms with van der Waals surface area (Å²) in [5, 5.41) is 13.5. The number of fused-ring (bicyclic) bond motifs is 1. The highest BCUT2D eigenvalue weighted by atomic mass is 32.1. The van der Waals surface area contributed by atoms with Crippen LogP contribution in [0.4, 0.5) is 5.13 Å². The monoisotopic (exact) mass is 314 g/mol. The first-order valence-electron chi connectivity index (χ1n) is 7.24. The molecular weight excluding hydrogens is 296 g/mol.